The maximum atomic E-state index is 13.5. The van der Waals surface area contributed by atoms with Crippen molar-refractivity contribution in [1.82, 2.24) is 4.90 Å². The van der Waals surface area contributed by atoms with E-state index in [1.54, 1.807) is 0 Å². The lowest BCUT2D eigenvalue weighted by Gasteiger charge is -2.37. The number of carbonyl (C=O) groups excluding carboxylic acids is 1. The molecule has 1 aliphatic rings. The van der Waals surface area contributed by atoms with Gasteiger partial charge in [-0.15, -0.1) is 0 Å². The Morgan fingerprint density at radius 3 is 2.86 bits per heavy atom. The number of hydrogen-bond donors (Lipinski definition) is 2. The summed E-state index contributed by atoms with van der Waals surface area (Å²) >= 11 is 0. The first-order valence-electron chi connectivity index (χ1n) is 7.18. The smallest absolute Gasteiger partial charge is 0.238 e. The van der Waals surface area contributed by atoms with Crippen LogP contribution in [0.5, 0.6) is 0 Å². The summed E-state index contributed by atoms with van der Waals surface area (Å²) in [7, 11) is 0. The predicted octanol–water partition coefficient (Wildman–Crippen LogP) is 1.96. The Bertz CT molecular complexity index is 510. The number of likely N-dealkylation sites (tertiary alicyclic amines) is 1. The van der Waals surface area contributed by atoms with Gasteiger partial charge in [0.1, 0.15) is 11.6 Å². The Hall–Kier alpha value is -1.53. The first-order valence-corrected chi connectivity index (χ1v) is 7.18. The number of nitrogens with two attached hydrogens (primary N) is 1. The van der Waals surface area contributed by atoms with Gasteiger partial charge in [-0.25, -0.2) is 8.78 Å². The molecule has 2 unspecified atom stereocenters. The largest absolute Gasteiger partial charge is 0.330 e. The van der Waals surface area contributed by atoms with Gasteiger partial charge in [0.15, 0.2) is 0 Å². The molecule has 1 aliphatic heterocycles. The molecule has 1 amide bonds. The van der Waals surface area contributed by atoms with Gasteiger partial charge in [0.2, 0.25) is 5.91 Å². The van der Waals surface area contributed by atoms with Gasteiger partial charge in [-0.3, -0.25) is 9.69 Å². The van der Waals surface area contributed by atoms with Crippen LogP contribution in [-0.4, -0.2) is 36.5 Å². The van der Waals surface area contributed by atoms with Crippen molar-refractivity contribution in [2.24, 2.45) is 11.7 Å². The van der Waals surface area contributed by atoms with E-state index in [2.05, 4.69) is 17.1 Å². The van der Waals surface area contributed by atoms with Crippen molar-refractivity contribution < 1.29 is 13.6 Å². The second-order valence-electron chi connectivity index (χ2n) is 5.63. The SMILES string of the molecule is CC1CCC(CN)CN1CC(=O)Nc1ccc(F)cc1F. The summed E-state index contributed by atoms with van der Waals surface area (Å²) in [5, 5.41) is 2.48. The molecule has 3 N–H and O–H groups in total. The fourth-order valence-corrected chi connectivity index (χ4v) is 2.64. The van der Waals surface area contributed by atoms with Gasteiger partial charge in [-0.2, -0.15) is 0 Å². The third-order valence-electron chi connectivity index (χ3n) is 3.99. The lowest BCUT2D eigenvalue weighted by Crippen LogP contribution is -2.47. The normalized spacial score (nSPS) is 23.0. The maximum absolute atomic E-state index is 13.5. The van der Waals surface area contributed by atoms with E-state index in [0.29, 0.717) is 18.5 Å². The quantitative estimate of drug-likeness (QED) is 0.893. The van der Waals surface area contributed by atoms with Gasteiger partial charge < -0.3 is 11.1 Å². The number of nitrogens with zero attached hydrogens (tertiary/aromatic N) is 1. The molecule has 6 heteroatoms. The highest BCUT2D eigenvalue weighted by Crippen LogP contribution is 2.21. The van der Waals surface area contributed by atoms with Crippen molar-refractivity contribution in [3.05, 3.63) is 29.8 Å². The number of benzene rings is 1. The minimum absolute atomic E-state index is 0.00133. The van der Waals surface area contributed by atoms with Crippen LogP contribution in [0.4, 0.5) is 14.5 Å². The molecule has 0 aliphatic carbocycles. The number of nitrogens with one attached hydrogen (secondary N) is 1. The van der Waals surface area contributed by atoms with E-state index in [9.17, 15) is 13.6 Å². The molecule has 0 aromatic heterocycles. The standard InChI is InChI=1S/C15H21F2N3O/c1-10-2-3-11(7-18)8-20(10)9-15(21)19-14-5-4-12(16)6-13(14)17/h4-6,10-11H,2-3,7-9,18H2,1H3,(H,19,21). The van der Waals surface area contributed by atoms with E-state index < -0.39 is 11.6 Å². The summed E-state index contributed by atoms with van der Waals surface area (Å²) in [5.74, 6) is -1.34. The number of amides is 1. The first kappa shape index (κ1) is 15.9. The first-order chi connectivity index (χ1) is 9.99. The molecule has 1 saturated heterocycles. The van der Waals surface area contributed by atoms with E-state index in [1.807, 2.05) is 0 Å². The van der Waals surface area contributed by atoms with Crippen LogP contribution < -0.4 is 11.1 Å². The van der Waals surface area contributed by atoms with Crippen LogP contribution in [0.1, 0.15) is 19.8 Å². The second kappa shape index (κ2) is 6.95. The number of carbonyl (C=O) groups is 1. The second-order valence-corrected chi connectivity index (χ2v) is 5.63. The molecule has 21 heavy (non-hydrogen) atoms. The van der Waals surface area contributed by atoms with Crippen LogP contribution in [0.15, 0.2) is 18.2 Å². The highest BCUT2D eigenvalue weighted by molar-refractivity contribution is 5.92. The zero-order valence-electron chi connectivity index (χ0n) is 12.1. The molecule has 1 heterocycles. The minimum atomic E-state index is -0.769. The van der Waals surface area contributed by atoms with E-state index >= 15 is 0 Å². The van der Waals surface area contributed by atoms with Crippen LogP contribution in [0, 0.1) is 17.6 Å². The van der Waals surface area contributed by atoms with Gasteiger partial charge >= 0.3 is 0 Å². The third kappa shape index (κ3) is 4.22. The van der Waals surface area contributed by atoms with Gasteiger partial charge in [-0.1, -0.05) is 0 Å². The molecule has 0 saturated carbocycles. The molecular formula is C15H21F2N3O. The lowest BCUT2D eigenvalue weighted by molar-refractivity contribution is -0.118. The van der Waals surface area contributed by atoms with E-state index in [4.69, 9.17) is 5.73 Å². The van der Waals surface area contributed by atoms with Gasteiger partial charge in [0, 0.05) is 18.7 Å². The molecule has 0 spiro atoms. The fourth-order valence-electron chi connectivity index (χ4n) is 2.64. The van der Waals surface area contributed by atoms with Crippen LogP contribution >= 0.6 is 0 Å². The van der Waals surface area contributed by atoms with E-state index in [-0.39, 0.29) is 18.1 Å². The van der Waals surface area contributed by atoms with Crippen molar-refractivity contribution in [3.8, 4) is 0 Å². The monoisotopic (exact) mass is 297 g/mol. The molecular weight excluding hydrogens is 276 g/mol. The summed E-state index contributed by atoms with van der Waals surface area (Å²) in [6.45, 7) is 3.64. The highest BCUT2D eigenvalue weighted by atomic mass is 19.1. The molecule has 0 radical (unpaired) electrons. The zero-order valence-corrected chi connectivity index (χ0v) is 12.1. The third-order valence-corrected chi connectivity index (χ3v) is 3.99. The average molecular weight is 297 g/mol. The Balaban J connectivity index is 1.94. The Labute approximate surface area is 123 Å². The predicted molar refractivity (Wildman–Crippen MR) is 77.8 cm³/mol. The van der Waals surface area contributed by atoms with E-state index in [0.717, 1.165) is 31.5 Å². The highest BCUT2D eigenvalue weighted by Gasteiger charge is 2.26. The van der Waals surface area contributed by atoms with Crippen LogP contribution in [0.25, 0.3) is 0 Å². The van der Waals surface area contributed by atoms with Crippen molar-refractivity contribution in [1.29, 1.82) is 0 Å². The van der Waals surface area contributed by atoms with Crippen LogP contribution in [-0.2, 0) is 4.79 Å². The summed E-state index contributed by atoms with van der Waals surface area (Å²) in [6, 6.07) is 3.40. The summed E-state index contributed by atoms with van der Waals surface area (Å²) < 4.78 is 26.3. The molecule has 1 fully saturated rings. The maximum Gasteiger partial charge on any atom is 0.238 e. The Morgan fingerprint density at radius 2 is 2.19 bits per heavy atom. The number of rotatable bonds is 4. The van der Waals surface area contributed by atoms with Gasteiger partial charge in [0.25, 0.3) is 0 Å². The fraction of sp³-hybridized carbons (Fsp3) is 0.533. The topological polar surface area (TPSA) is 58.4 Å². The lowest BCUT2D eigenvalue weighted by atomic mass is 9.93. The number of hydrogen-bond acceptors (Lipinski definition) is 3. The molecule has 2 atom stereocenters. The summed E-state index contributed by atoms with van der Waals surface area (Å²) in [6.07, 6.45) is 2.07. The molecule has 2 rings (SSSR count). The Morgan fingerprint density at radius 1 is 1.43 bits per heavy atom. The van der Waals surface area contributed by atoms with Crippen molar-refractivity contribution in [2.45, 2.75) is 25.8 Å². The summed E-state index contributed by atoms with van der Waals surface area (Å²) in [4.78, 5) is 14.1. The molecule has 1 aromatic rings. The number of anilines is 1. The van der Waals surface area contributed by atoms with Gasteiger partial charge in [-0.05, 0) is 44.4 Å². The number of halogens is 2. The van der Waals surface area contributed by atoms with Crippen molar-refractivity contribution in [2.75, 3.05) is 25.0 Å². The summed E-state index contributed by atoms with van der Waals surface area (Å²) in [5.41, 5.74) is 5.69. The van der Waals surface area contributed by atoms with Crippen molar-refractivity contribution in [3.63, 3.8) is 0 Å². The molecule has 1 aromatic carbocycles. The van der Waals surface area contributed by atoms with Gasteiger partial charge in [0.05, 0.1) is 12.2 Å². The minimum Gasteiger partial charge on any atom is -0.330 e. The Kier molecular flexibility index (Phi) is 5.25. The molecule has 4 nitrogen and oxygen atoms in total. The van der Waals surface area contributed by atoms with Crippen LogP contribution in [0.3, 0.4) is 0 Å². The zero-order chi connectivity index (χ0) is 15.4. The van der Waals surface area contributed by atoms with E-state index in [1.165, 1.54) is 6.07 Å². The number of piperidine rings is 1. The average Bonchev–Trinajstić information content (AvgIpc) is 2.44. The molecule has 116 valence electrons. The van der Waals surface area contributed by atoms with Crippen molar-refractivity contribution >= 4 is 11.6 Å². The molecule has 0 bridgehead atoms. The van der Waals surface area contributed by atoms with Crippen LogP contribution in [0.2, 0.25) is 0 Å².